The number of carbonyl (C=O) groups excluding carboxylic acids is 1. The summed E-state index contributed by atoms with van der Waals surface area (Å²) in [4.78, 5) is 11.8. The molecule has 0 aromatic heterocycles. The van der Waals surface area contributed by atoms with Crippen LogP contribution in [0.25, 0.3) is 0 Å². The molecule has 0 saturated carbocycles. The van der Waals surface area contributed by atoms with E-state index in [0.29, 0.717) is 6.42 Å². The van der Waals surface area contributed by atoms with Crippen LogP contribution >= 0.6 is 0 Å². The highest BCUT2D eigenvalue weighted by molar-refractivity contribution is 6.03. The molecule has 3 nitrogen and oxygen atoms in total. The Labute approximate surface area is 117 Å². The summed E-state index contributed by atoms with van der Waals surface area (Å²) in [5.41, 5.74) is 3.01. The largest absolute Gasteiger partial charge is 0.273 e. The predicted octanol–water partition coefficient (Wildman–Crippen LogP) is 3.36. The van der Waals surface area contributed by atoms with Crippen molar-refractivity contribution in [2.75, 3.05) is 0 Å². The number of hydrogen-bond donors (Lipinski definition) is 0. The Bertz CT molecular complexity index is 628. The van der Waals surface area contributed by atoms with Gasteiger partial charge in [0.25, 0.3) is 0 Å². The number of rotatable bonds is 2. The number of amides is 1. The highest BCUT2D eigenvalue weighted by Crippen LogP contribution is 2.34. The summed E-state index contributed by atoms with van der Waals surface area (Å²) >= 11 is 0. The zero-order valence-electron chi connectivity index (χ0n) is 11.2. The van der Waals surface area contributed by atoms with Gasteiger partial charge in [-0.2, -0.15) is 5.10 Å². The first-order valence-corrected chi connectivity index (χ1v) is 6.64. The third-order valence-corrected chi connectivity index (χ3v) is 3.63. The smallest absolute Gasteiger partial charge is 0.240 e. The zero-order chi connectivity index (χ0) is 14.1. The van der Waals surface area contributed by atoms with Gasteiger partial charge in [0.1, 0.15) is 5.82 Å². The number of benzene rings is 1. The fourth-order valence-electron chi connectivity index (χ4n) is 2.60. The van der Waals surface area contributed by atoms with Crippen molar-refractivity contribution in [1.82, 2.24) is 5.01 Å². The van der Waals surface area contributed by atoms with E-state index in [9.17, 15) is 9.18 Å². The van der Waals surface area contributed by atoms with E-state index >= 15 is 0 Å². The lowest BCUT2D eigenvalue weighted by Gasteiger charge is -2.20. The fourth-order valence-corrected chi connectivity index (χ4v) is 2.60. The number of hydrogen-bond acceptors (Lipinski definition) is 2. The van der Waals surface area contributed by atoms with Gasteiger partial charge in [-0.25, -0.2) is 9.40 Å². The van der Waals surface area contributed by atoms with Gasteiger partial charge in [-0.15, -0.1) is 0 Å². The average molecular weight is 270 g/mol. The van der Waals surface area contributed by atoms with Crippen molar-refractivity contribution in [3.8, 4) is 0 Å². The first-order chi connectivity index (χ1) is 9.65. The fraction of sp³-hybridized carbons (Fsp3) is 0.250. The second-order valence-electron chi connectivity index (χ2n) is 5.01. The van der Waals surface area contributed by atoms with E-state index in [1.165, 1.54) is 24.1 Å². The molecular formula is C16H15FN2O. The number of hydrazone groups is 1. The number of allylic oxidation sites excluding steroid dienone is 4. The maximum Gasteiger partial charge on any atom is 0.240 e. The maximum absolute atomic E-state index is 13.0. The monoisotopic (exact) mass is 270 g/mol. The second kappa shape index (κ2) is 5.04. The molecule has 1 aromatic carbocycles. The molecule has 0 N–H and O–H groups in total. The molecule has 0 fully saturated rings. The van der Waals surface area contributed by atoms with E-state index in [2.05, 4.69) is 11.2 Å². The van der Waals surface area contributed by atoms with Gasteiger partial charge in [0, 0.05) is 13.3 Å². The Morgan fingerprint density at radius 3 is 2.70 bits per heavy atom. The summed E-state index contributed by atoms with van der Waals surface area (Å²) in [6, 6.07) is 6.14. The lowest BCUT2D eigenvalue weighted by molar-refractivity contribution is -0.130. The standard InChI is InChI=1S/C16H15FN2O/c1-11(20)19-16(13-6-8-14(17)9-7-13)10-15(18-19)12-4-2-3-5-12/h2-4,6-9,16H,5,10H2,1H3. The molecule has 0 saturated heterocycles. The van der Waals surface area contributed by atoms with Crippen LogP contribution < -0.4 is 0 Å². The van der Waals surface area contributed by atoms with Crippen LogP contribution in [0.3, 0.4) is 0 Å². The van der Waals surface area contributed by atoms with Gasteiger partial charge >= 0.3 is 0 Å². The minimum absolute atomic E-state index is 0.0964. The minimum Gasteiger partial charge on any atom is -0.273 e. The van der Waals surface area contributed by atoms with Gasteiger partial charge in [0.15, 0.2) is 0 Å². The van der Waals surface area contributed by atoms with Crippen molar-refractivity contribution < 1.29 is 9.18 Å². The molecule has 0 radical (unpaired) electrons. The van der Waals surface area contributed by atoms with Gasteiger partial charge in [-0.1, -0.05) is 30.4 Å². The first-order valence-electron chi connectivity index (χ1n) is 6.64. The van der Waals surface area contributed by atoms with Crippen LogP contribution in [0, 0.1) is 5.82 Å². The summed E-state index contributed by atoms with van der Waals surface area (Å²) in [5, 5.41) is 5.95. The van der Waals surface area contributed by atoms with E-state index < -0.39 is 0 Å². The van der Waals surface area contributed by atoms with Crippen LogP contribution in [-0.2, 0) is 4.79 Å². The van der Waals surface area contributed by atoms with Crippen LogP contribution in [0.15, 0.2) is 53.2 Å². The lowest BCUT2D eigenvalue weighted by Crippen LogP contribution is -2.24. The van der Waals surface area contributed by atoms with Crippen LogP contribution in [0.1, 0.15) is 31.4 Å². The Morgan fingerprint density at radius 2 is 2.10 bits per heavy atom. The second-order valence-corrected chi connectivity index (χ2v) is 5.01. The quantitative estimate of drug-likeness (QED) is 0.811. The number of nitrogens with zero attached hydrogens (tertiary/aromatic N) is 2. The van der Waals surface area contributed by atoms with Gasteiger partial charge in [-0.3, -0.25) is 4.79 Å². The Morgan fingerprint density at radius 1 is 1.35 bits per heavy atom. The van der Waals surface area contributed by atoms with Crippen molar-refractivity contribution in [3.63, 3.8) is 0 Å². The number of halogens is 1. The third-order valence-electron chi connectivity index (χ3n) is 3.63. The van der Waals surface area contributed by atoms with E-state index in [4.69, 9.17) is 0 Å². The van der Waals surface area contributed by atoms with Crippen LogP contribution in [0.5, 0.6) is 0 Å². The van der Waals surface area contributed by atoms with Crippen LogP contribution in [-0.4, -0.2) is 16.6 Å². The molecule has 1 amide bonds. The van der Waals surface area contributed by atoms with Crippen molar-refractivity contribution in [1.29, 1.82) is 0 Å². The van der Waals surface area contributed by atoms with Crippen molar-refractivity contribution in [2.45, 2.75) is 25.8 Å². The molecular weight excluding hydrogens is 255 g/mol. The molecule has 1 unspecified atom stereocenters. The molecule has 1 atom stereocenters. The van der Waals surface area contributed by atoms with Gasteiger partial charge in [0.2, 0.25) is 5.91 Å². The molecule has 1 aromatic rings. The molecule has 1 heterocycles. The topological polar surface area (TPSA) is 32.7 Å². The Kier molecular flexibility index (Phi) is 3.22. The molecule has 4 heteroatoms. The van der Waals surface area contributed by atoms with Crippen molar-refractivity contribution >= 4 is 11.6 Å². The minimum atomic E-state index is -0.273. The zero-order valence-corrected chi connectivity index (χ0v) is 11.2. The molecule has 0 bridgehead atoms. The van der Waals surface area contributed by atoms with Crippen LogP contribution in [0.2, 0.25) is 0 Å². The van der Waals surface area contributed by atoms with Crippen LogP contribution in [0.4, 0.5) is 4.39 Å². The Balaban J connectivity index is 1.88. The molecule has 1 aliphatic heterocycles. The molecule has 102 valence electrons. The van der Waals surface area contributed by atoms with Gasteiger partial charge in [0.05, 0.1) is 11.8 Å². The van der Waals surface area contributed by atoms with Crippen molar-refractivity contribution in [3.05, 3.63) is 59.4 Å². The van der Waals surface area contributed by atoms with E-state index in [1.807, 2.05) is 12.2 Å². The van der Waals surface area contributed by atoms with Gasteiger partial charge in [-0.05, 0) is 29.7 Å². The normalized spacial score (nSPS) is 21.1. The molecule has 0 spiro atoms. The Hall–Kier alpha value is -2.23. The number of carbonyl (C=O) groups is 1. The molecule has 3 rings (SSSR count). The average Bonchev–Trinajstić information content (AvgIpc) is 3.08. The predicted molar refractivity (Wildman–Crippen MR) is 75.6 cm³/mol. The first kappa shape index (κ1) is 12.8. The summed E-state index contributed by atoms with van der Waals surface area (Å²) in [5.74, 6) is -0.370. The maximum atomic E-state index is 13.0. The molecule has 2 aliphatic rings. The SMILES string of the molecule is CC(=O)N1N=C(C2=CC=CC2)CC1c1ccc(F)cc1. The lowest BCUT2D eigenvalue weighted by atomic mass is 9.98. The van der Waals surface area contributed by atoms with Crippen molar-refractivity contribution in [2.24, 2.45) is 5.10 Å². The summed E-state index contributed by atoms with van der Waals surface area (Å²) in [6.07, 6.45) is 7.64. The highest BCUT2D eigenvalue weighted by Gasteiger charge is 2.31. The van der Waals surface area contributed by atoms with Gasteiger partial charge < -0.3 is 0 Å². The third kappa shape index (κ3) is 2.29. The summed E-state index contributed by atoms with van der Waals surface area (Å²) in [6.45, 7) is 1.50. The molecule has 20 heavy (non-hydrogen) atoms. The van der Waals surface area contributed by atoms with E-state index in [0.717, 1.165) is 23.3 Å². The summed E-state index contributed by atoms with van der Waals surface area (Å²) in [7, 11) is 0. The van der Waals surface area contributed by atoms with E-state index in [-0.39, 0.29) is 17.8 Å². The molecule has 1 aliphatic carbocycles. The summed E-state index contributed by atoms with van der Waals surface area (Å²) < 4.78 is 13.0. The highest BCUT2D eigenvalue weighted by atomic mass is 19.1. The van der Waals surface area contributed by atoms with E-state index in [1.54, 1.807) is 12.1 Å².